The van der Waals surface area contributed by atoms with E-state index in [2.05, 4.69) is 119 Å². The average molecular weight is 395 g/mol. The topological polar surface area (TPSA) is 9.23 Å². The third kappa shape index (κ3) is 5.24. The van der Waals surface area contributed by atoms with Crippen molar-refractivity contribution in [2.75, 3.05) is 0 Å². The van der Waals surface area contributed by atoms with E-state index in [1.807, 2.05) is 0 Å². The largest absolute Gasteiger partial charge is 0.456 e. The quantitative estimate of drug-likeness (QED) is 0.495. The molecular formula is C28H42O. The summed E-state index contributed by atoms with van der Waals surface area (Å²) in [6.45, 7) is 27.2. The highest BCUT2D eigenvalue weighted by atomic mass is 16.5. The maximum absolute atomic E-state index is 7.01. The molecule has 1 nitrogen and oxygen atoms in total. The van der Waals surface area contributed by atoms with Crippen LogP contribution in [0, 0.1) is 0 Å². The molecule has 0 radical (unpaired) electrons. The molecule has 29 heavy (non-hydrogen) atoms. The number of benzene rings is 2. The van der Waals surface area contributed by atoms with Crippen LogP contribution in [0.4, 0.5) is 0 Å². The molecule has 0 bridgehead atoms. The lowest BCUT2D eigenvalue weighted by molar-refractivity contribution is 0.403. The molecule has 0 heterocycles. The first-order chi connectivity index (χ1) is 12.9. The Balaban J connectivity index is 2.88. The second-order valence-electron chi connectivity index (χ2n) is 12.5. The van der Waals surface area contributed by atoms with Gasteiger partial charge < -0.3 is 4.74 Å². The molecule has 0 saturated heterocycles. The van der Waals surface area contributed by atoms with Gasteiger partial charge in [-0.25, -0.2) is 0 Å². The van der Waals surface area contributed by atoms with Gasteiger partial charge in [0.15, 0.2) is 0 Å². The van der Waals surface area contributed by atoms with Crippen molar-refractivity contribution < 1.29 is 4.74 Å². The van der Waals surface area contributed by atoms with Crippen molar-refractivity contribution in [1.29, 1.82) is 0 Å². The lowest BCUT2D eigenvalue weighted by Crippen LogP contribution is -2.22. The van der Waals surface area contributed by atoms with Crippen LogP contribution in [-0.4, -0.2) is 0 Å². The zero-order valence-electron chi connectivity index (χ0n) is 20.9. The van der Waals surface area contributed by atoms with E-state index in [0.29, 0.717) is 0 Å². The smallest absolute Gasteiger partial charge is 0.134 e. The van der Waals surface area contributed by atoms with Crippen LogP contribution < -0.4 is 4.74 Å². The minimum Gasteiger partial charge on any atom is -0.456 e. The first-order valence-electron chi connectivity index (χ1n) is 10.9. The van der Waals surface area contributed by atoms with E-state index in [1.54, 1.807) is 0 Å². The Morgan fingerprint density at radius 2 is 0.621 bits per heavy atom. The molecule has 0 N–H and O–H groups in total. The first-order valence-corrected chi connectivity index (χ1v) is 10.9. The third-order valence-corrected chi connectivity index (χ3v) is 5.47. The fourth-order valence-corrected chi connectivity index (χ4v) is 3.76. The Labute approximate surface area is 179 Å². The van der Waals surface area contributed by atoms with E-state index >= 15 is 0 Å². The van der Waals surface area contributed by atoms with Crippen molar-refractivity contribution in [2.24, 2.45) is 0 Å². The van der Waals surface area contributed by atoms with Crippen LogP contribution in [0.1, 0.15) is 105 Å². The number of hydrogen-bond donors (Lipinski definition) is 0. The second kappa shape index (κ2) is 7.49. The van der Waals surface area contributed by atoms with E-state index < -0.39 is 0 Å². The zero-order chi connectivity index (χ0) is 22.4. The molecule has 1 heteroatoms. The summed E-state index contributed by atoms with van der Waals surface area (Å²) in [5.41, 5.74) is 5.01. The molecule has 0 atom stereocenters. The third-order valence-electron chi connectivity index (χ3n) is 5.47. The fraction of sp³-hybridized carbons (Fsp3) is 0.571. The summed E-state index contributed by atoms with van der Waals surface area (Å²) in [5.74, 6) is 2.05. The highest BCUT2D eigenvalue weighted by Gasteiger charge is 2.31. The molecule has 0 aliphatic heterocycles. The van der Waals surface area contributed by atoms with E-state index in [4.69, 9.17) is 4.74 Å². The van der Waals surface area contributed by atoms with Gasteiger partial charge in [0.25, 0.3) is 0 Å². The average Bonchev–Trinajstić information content (AvgIpc) is 2.51. The van der Waals surface area contributed by atoms with Crippen LogP contribution in [0.5, 0.6) is 11.5 Å². The number of para-hydroxylation sites is 2. The number of ether oxygens (including phenoxy) is 1. The Bertz CT molecular complexity index is 721. The minimum absolute atomic E-state index is 0.00480. The standard InChI is InChI=1S/C28H42O/c1-25(2,3)19-15-13-16-20(26(4,5)6)23(19)29-24-21(27(7,8)9)17-14-18-22(24)28(10,11)12/h13-18H,1-12H3. The van der Waals surface area contributed by atoms with Crippen LogP contribution in [0.25, 0.3) is 0 Å². The van der Waals surface area contributed by atoms with Crippen LogP contribution in [0.3, 0.4) is 0 Å². The van der Waals surface area contributed by atoms with Gasteiger partial charge in [-0.05, 0) is 21.7 Å². The molecule has 0 aliphatic rings. The Hall–Kier alpha value is -1.76. The summed E-state index contributed by atoms with van der Waals surface area (Å²) in [4.78, 5) is 0. The molecule has 0 saturated carbocycles. The predicted octanol–water partition coefficient (Wildman–Crippen LogP) is 8.67. The van der Waals surface area contributed by atoms with E-state index in [0.717, 1.165) is 11.5 Å². The second-order valence-corrected chi connectivity index (χ2v) is 12.5. The highest BCUT2D eigenvalue weighted by molar-refractivity contribution is 5.55. The van der Waals surface area contributed by atoms with Gasteiger partial charge in [-0.15, -0.1) is 0 Å². The summed E-state index contributed by atoms with van der Waals surface area (Å²) >= 11 is 0. The lowest BCUT2D eigenvalue weighted by Gasteiger charge is -2.33. The molecule has 0 aromatic heterocycles. The monoisotopic (exact) mass is 394 g/mol. The number of hydrogen-bond acceptors (Lipinski definition) is 1. The maximum Gasteiger partial charge on any atom is 0.134 e. The fourth-order valence-electron chi connectivity index (χ4n) is 3.76. The van der Waals surface area contributed by atoms with Crippen LogP contribution in [-0.2, 0) is 21.7 Å². The Morgan fingerprint density at radius 1 is 0.414 bits per heavy atom. The molecule has 160 valence electrons. The van der Waals surface area contributed by atoms with Gasteiger partial charge >= 0.3 is 0 Å². The van der Waals surface area contributed by atoms with Gasteiger partial charge in [-0.1, -0.05) is 119 Å². The minimum atomic E-state index is -0.00480. The van der Waals surface area contributed by atoms with Crippen LogP contribution >= 0.6 is 0 Å². The van der Waals surface area contributed by atoms with Crippen molar-refractivity contribution >= 4 is 0 Å². The first kappa shape index (κ1) is 23.5. The number of rotatable bonds is 2. The van der Waals surface area contributed by atoms with Crippen molar-refractivity contribution in [3.05, 3.63) is 58.7 Å². The van der Waals surface area contributed by atoms with E-state index in [-0.39, 0.29) is 21.7 Å². The summed E-state index contributed by atoms with van der Waals surface area (Å²) in [7, 11) is 0. The van der Waals surface area contributed by atoms with Gasteiger partial charge in [0.2, 0.25) is 0 Å². The predicted molar refractivity (Wildman–Crippen MR) is 128 cm³/mol. The normalized spacial score (nSPS) is 13.5. The van der Waals surface area contributed by atoms with E-state index in [9.17, 15) is 0 Å². The van der Waals surface area contributed by atoms with Crippen molar-refractivity contribution in [3.63, 3.8) is 0 Å². The lowest BCUT2D eigenvalue weighted by atomic mass is 9.78. The molecule has 2 aromatic rings. The summed E-state index contributed by atoms with van der Waals surface area (Å²) in [6, 6.07) is 13.2. The van der Waals surface area contributed by atoms with Crippen molar-refractivity contribution in [2.45, 2.75) is 105 Å². The SMILES string of the molecule is CC(C)(C)c1cccc(C(C)(C)C)c1Oc1c(C(C)(C)C)cccc1C(C)(C)C. The Kier molecular flexibility index (Phi) is 6.07. The summed E-state index contributed by atoms with van der Waals surface area (Å²) in [5, 5.41) is 0. The van der Waals surface area contributed by atoms with E-state index in [1.165, 1.54) is 22.3 Å². The molecule has 0 aliphatic carbocycles. The van der Waals surface area contributed by atoms with Crippen LogP contribution in [0.15, 0.2) is 36.4 Å². The molecule has 2 rings (SSSR count). The van der Waals surface area contributed by atoms with Crippen molar-refractivity contribution in [3.8, 4) is 11.5 Å². The summed E-state index contributed by atoms with van der Waals surface area (Å²) in [6.07, 6.45) is 0. The van der Waals surface area contributed by atoms with Crippen molar-refractivity contribution in [1.82, 2.24) is 0 Å². The van der Waals surface area contributed by atoms with Gasteiger partial charge in [0, 0.05) is 22.3 Å². The highest BCUT2D eigenvalue weighted by Crippen LogP contribution is 2.46. The molecule has 0 amide bonds. The molecule has 0 unspecified atom stereocenters. The van der Waals surface area contributed by atoms with Gasteiger partial charge in [-0.2, -0.15) is 0 Å². The van der Waals surface area contributed by atoms with Crippen LogP contribution in [0.2, 0.25) is 0 Å². The molecule has 0 spiro atoms. The van der Waals surface area contributed by atoms with Gasteiger partial charge in [0.1, 0.15) is 11.5 Å². The zero-order valence-corrected chi connectivity index (χ0v) is 20.9. The molecule has 0 fully saturated rings. The van der Waals surface area contributed by atoms with Gasteiger partial charge in [-0.3, -0.25) is 0 Å². The Morgan fingerprint density at radius 3 is 0.793 bits per heavy atom. The van der Waals surface area contributed by atoms with Gasteiger partial charge in [0.05, 0.1) is 0 Å². The molecular weight excluding hydrogens is 352 g/mol. The molecule has 2 aromatic carbocycles. The summed E-state index contributed by atoms with van der Waals surface area (Å²) < 4.78 is 7.01. The maximum atomic E-state index is 7.01.